The van der Waals surface area contributed by atoms with Gasteiger partial charge in [0, 0.05) is 41.2 Å². The summed E-state index contributed by atoms with van der Waals surface area (Å²) in [6.07, 6.45) is 5.54. The monoisotopic (exact) mass is 746 g/mol. The van der Waals surface area contributed by atoms with Crippen LogP contribution in [0.15, 0.2) is 128 Å². The summed E-state index contributed by atoms with van der Waals surface area (Å²) in [6, 6.07) is 43.7. The fourth-order valence-corrected chi connectivity index (χ4v) is 5.98. The third-order valence-corrected chi connectivity index (χ3v) is 7.90. The molecule has 0 unspecified atom stereocenters. The van der Waals surface area contributed by atoms with E-state index in [4.69, 9.17) is 9.72 Å². The molecule has 9 rings (SSSR count). The molecule has 5 aromatic heterocycles. The molecule has 5 heterocycles. The molecule has 0 amide bonds. The van der Waals surface area contributed by atoms with Crippen molar-refractivity contribution in [2.24, 2.45) is 0 Å². The molecule has 0 fully saturated rings. The standard InChI is InChI=1S/C37H21N5O.Pt/c1-2-8-24(9-3-1)32-18-17-30-27-15-13-25(22-31(27)36-39-20-21-41(36)37(30)40-32)43-26-14-16-29-28-10-4-5-11-33(28)42(34(29)23-26)35-12-6-7-19-38-35;/h1-21H;/q-2;+2. The second-order valence-electron chi connectivity index (χ2n) is 10.4. The number of aromatic nitrogens is 5. The Labute approximate surface area is 266 Å². The van der Waals surface area contributed by atoms with Crippen LogP contribution >= 0.6 is 0 Å². The van der Waals surface area contributed by atoms with Crippen molar-refractivity contribution in [1.82, 2.24) is 23.9 Å². The van der Waals surface area contributed by atoms with Crippen LogP contribution in [0.5, 0.6) is 11.5 Å². The fraction of sp³-hybridized carbons (Fsp3) is 0. The van der Waals surface area contributed by atoms with Crippen LogP contribution in [0.25, 0.3) is 66.3 Å². The van der Waals surface area contributed by atoms with Gasteiger partial charge in [0.1, 0.15) is 11.5 Å². The molecule has 9 aromatic rings. The first-order valence-corrected chi connectivity index (χ1v) is 14.0. The molecule has 0 spiro atoms. The summed E-state index contributed by atoms with van der Waals surface area (Å²) in [6.45, 7) is 0. The van der Waals surface area contributed by atoms with Crippen LogP contribution in [0.1, 0.15) is 0 Å². The van der Waals surface area contributed by atoms with E-state index in [1.807, 2.05) is 65.2 Å². The number of para-hydroxylation sites is 1. The summed E-state index contributed by atoms with van der Waals surface area (Å²) in [7, 11) is 0. The van der Waals surface area contributed by atoms with Crippen molar-refractivity contribution in [2.45, 2.75) is 0 Å². The van der Waals surface area contributed by atoms with E-state index < -0.39 is 0 Å². The third kappa shape index (κ3) is 4.10. The van der Waals surface area contributed by atoms with Crippen LogP contribution in [-0.2, 0) is 21.1 Å². The first-order chi connectivity index (χ1) is 21.3. The molecule has 44 heavy (non-hydrogen) atoms. The number of fused-ring (bicyclic) bond motifs is 9. The predicted octanol–water partition coefficient (Wildman–Crippen LogP) is 8.58. The average Bonchev–Trinajstić information content (AvgIpc) is 3.69. The first kappa shape index (κ1) is 26.3. The number of hydrogen-bond acceptors (Lipinski definition) is 4. The van der Waals surface area contributed by atoms with E-state index in [2.05, 4.69) is 81.3 Å². The Hall–Kier alpha value is -5.32. The Morgan fingerprint density at radius 1 is 0.591 bits per heavy atom. The summed E-state index contributed by atoms with van der Waals surface area (Å²) in [5.41, 5.74) is 5.59. The number of imidazole rings is 1. The molecule has 0 aliphatic carbocycles. The van der Waals surface area contributed by atoms with Crippen LogP contribution in [0.4, 0.5) is 0 Å². The van der Waals surface area contributed by atoms with Crippen molar-refractivity contribution in [1.29, 1.82) is 0 Å². The zero-order valence-corrected chi connectivity index (χ0v) is 25.4. The van der Waals surface area contributed by atoms with Gasteiger partial charge in [-0.05, 0) is 35.0 Å². The van der Waals surface area contributed by atoms with Gasteiger partial charge in [-0.3, -0.25) is 4.98 Å². The van der Waals surface area contributed by atoms with E-state index in [1.54, 1.807) is 12.4 Å². The van der Waals surface area contributed by atoms with Crippen molar-refractivity contribution >= 4 is 49.3 Å². The summed E-state index contributed by atoms with van der Waals surface area (Å²) in [4.78, 5) is 14.3. The number of ether oxygens (including phenoxy) is 1. The quantitative estimate of drug-likeness (QED) is 0.134. The Balaban J connectivity index is 0.00000289. The Morgan fingerprint density at radius 2 is 1.36 bits per heavy atom. The Kier molecular flexibility index (Phi) is 6.24. The third-order valence-electron chi connectivity index (χ3n) is 7.90. The molecule has 0 aliphatic rings. The zero-order valence-electron chi connectivity index (χ0n) is 23.1. The molecule has 0 aliphatic heterocycles. The normalized spacial score (nSPS) is 11.5. The smallest absolute Gasteiger partial charge is 0.503 e. The molecule has 4 aromatic carbocycles. The second-order valence-corrected chi connectivity index (χ2v) is 10.4. The van der Waals surface area contributed by atoms with Crippen molar-refractivity contribution in [3.05, 3.63) is 140 Å². The van der Waals surface area contributed by atoms with Gasteiger partial charge in [-0.25, -0.2) is 9.97 Å². The fourth-order valence-electron chi connectivity index (χ4n) is 5.98. The zero-order chi connectivity index (χ0) is 28.3. The van der Waals surface area contributed by atoms with Crippen molar-refractivity contribution in [3.63, 3.8) is 0 Å². The van der Waals surface area contributed by atoms with E-state index in [-0.39, 0.29) is 21.1 Å². The van der Waals surface area contributed by atoms with Gasteiger partial charge in [-0.15, -0.1) is 29.7 Å². The second kappa shape index (κ2) is 10.4. The van der Waals surface area contributed by atoms with Crippen molar-refractivity contribution in [3.8, 4) is 28.6 Å². The molecule has 0 saturated heterocycles. The molecule has 210 valence electrons. The van der Waals surface area contributed by atoms with Crippen molar-refractivity contribution < 1.29 is 25.8 Å². The predicted molar refractivity (Wildman–Crippen MR) is 170 cm³/mol. The molecule has 6 nitrogen and oxygen atoms in total. The maximum absolute atomic E-state index is 6.40. The molecular formula is C37H21N5OPt. The molecule has 7 heteroatoms. The maximum atomic E-state index is 6.40. The SMILES string of the molecule is [Pt+2].[c-]1c(Oc2[c-]c3c(cc2)c2ccccc2n3-c2ccccn2)ccc2c1c1nccn1c1nc(-c3ccccc3)ccc21. The van der Waals surface area contributed by atoms with Crippen LogP contribution in [0, 0.1) is 12.1 Å². The summed E-state index contributed by atoms with van der Waals surface area (Å²) >= 11 is 0. The van der Waals surface area contributed by atoms with Gasteiger partial charge in [0.25, 0.3) is 0 Å². The van der Waals surface area contributed by atoms with E-state index in [9.17, 15) is 0 Å². The van der Waals surface area contributed by atoms with Crippen LogP contribution < -0.4 is 4.74 Å². The summed E-state index contributed by atoms with van der Waals surface area (Å²) in [5, 5.41) is 5.14. The minimum atomic E-state index is 0. The molecule has 0 N–H and O–H groups in total. The van der Waals surface area contributed by atoms with Crippen molar-refractivity contribution in [2.75, 3.05) is 0 Å². The van der Waals surface area contributed by atoms with E-state index >= 15 is 0 Å². The van der Waals surface area contributed by atoms with Gasteiger partial charge in [0.05, 0.1) is 11.3 Å². The maximum Gasteiger partial charge on any atom is 2.00 e. The van der Waals surface area contributed by atoms with Gasteiger partial charge < -0.3 is 13.7 Å². The number of benzene rings is 4. The average molecular weight is 747 g/mol. The molecule has 0 radical (unpaired) electrons. The van der Waals surface area contributed by atoms with Gasteiger partial charge >= 0.3 is 21.1 Å². The molecule has 0 bridgehead atoms. The number of rotatable bonds is 4. The Morgan fingerprint density at radius 3 is 2.23 bits per heavy atom. The van der Waals surface area contributed by atoms with Crippen LogP contribution in [-0.4, -0.2) is 23.9 Å². The van der Waals surface area contributed by atoms with Gasteiger partial charge in [0.2, 0.25) is 0 Å². The summed E-state index contributed by atoms with van der Waals surface area (Å²) < 4.78 is 10.5. The number of hydrogen-bond donors (Lipinski definition) is 0. The van der Waals surface area contributed by atoms with E-state index in [0.29, 0.717) is 11.5 Å². The summed E-state index contributed by atoms with van der Waals surface area (Å²) in [5.74, 6) is 2.01. The van der Waals surface area contributed by atoms with Crippen LogP contribution in [0.3, 0.4) is 0 Å². The van der Waals surface area contributed by atoms with Gasteiger partial charge in [-0.1, -0.05) is 83.0 Å². The topological polar surface area (TPSA) is 57.2 Å². The largest absolute Gasteiger partial charge is 2.00 e. The Bertz CT molecular complexity index is 2490. The minimum absolute atomic E-state index is 0. The van der Waals surface area contributed by atoms with E-state index in [0.717, 1.165) is 66.3 Å². The molecule has 0 saturated carbocycles. The van der Waals surface area contributed by atoms with E-state index in [1.165, 1.54) is 0 Å². The number of nitrogens with zero attached hydrogens (tertiary/aromatic N) is 5. The minimum Gasteiger partial charge on any atom is -0.503 e. The molecular weight excluding hydrogens is 726 g/mol. The van der Waals surface area contributed by atoms with Gasteiger partial charge in [0.15, 0.2) is 0 Å². The van der Waals surface area contributed by atoms with Gasteiger partial charge in [-0.2, -0.15) is 6.07 Å². The van der Waals surface area contributed by atoms with Crippen LogP contribution in [0.2, 0.25) is 0 Å². The molecule has 0 atom stereocenters. The number of pyridine rings is 3. The first-order valence-electron chi connectivity index (χ1n) is 14.0.